The van der Waals surface area contributed by atoms with Crippen LogP contribution in [0.5, 0.6) is 0 Å². The molecule has 0 bridgehead atoms. The van der Waals surface area contributed by atoms with E-state index < -0.39 is 0 Å². The van der Waals surface area contributed by atoms with Crippen LogP contribution in [0, 0.1) is 0 Å². The largest absolute Gasteiger partial charge is 0.336 e. The average Bonchev–Trinajstić information content (AvgIpc) is 2.82. The van der Waals surface area contributed by atoms with Gasteiger partial charge in [0.1, 0.15) is 0 Å². The predicted molar refractivity (Wildman–Crippen MR) is 72.2 cm³/mol. The quantitative estimate of drug-likeness (QED) is 0.818. The Morgan fingerprint density at radius 3 is 2.28 bits per heavy atom. The summed E-state index contributed by atoms with van der Waals surface area (Å²) >= 11 is 0. The molecule has 1 saturated heterocycles. The molecule has 1 aromatic heterocycles. The van der Waals surface area contributed by atoms with Crippen LogP contribution >= 0.6 is 0 Å². The first-order chi connectivity index (χ1) is 8.76. The van der Waals surface area contributed by atoms with E-state index in [1.807, 2.05) is 12.1 Å². The Balaban J connectivity index is 2.06. The van der Waals surface area contributed by atoms with E-state index in [9.17, 15) is 4.79 Å². The number of likely N-dealkylation sites (tertiary alicyclic amines) is 1. The minimum absolute atomic E-state index is 0.275. The number of carbonyl (C=O) groups excluding carboxylic acids is 1. The Morgan fingerprint density at radius 2 is 1.78 bits per heavy atom. The van der Waals surface area contributed by atoms with Crippen molar-refractivity contribution >= 4 is 5.91 Å². The minimum atomic E-state index is 0.275. The van der Waals surface area contributed by atoms with Gasteiger partial charge in [-0.05, 0) is 43.4 Å². The Labute approximate surface area is 109 Å². The summed E-state index contributed by atoms with van der Waals surface area (Å²) in [7, 11) is 0. The summed E-state index contributed by atoms with van der Waals surface area (Å²) in [5.74, 6) is 0.275. The van der Waals surface area contributed by atoms with Gasteiger partial charge in [0.2, 0.25) is 5.91 Å². The van der Waals surface area contributed by atoms with Crippen LogP contribution in [0.4, 0.5) is 0 Å². The molecule has 1 fully saturated rings. The van der Waals surface area contributed by atoms with Gasteiger partial charge in [0.05, 0.1) is 6.42 Å². The van der Waals surface area contributed by atoms with Gasteiger partial charge >= 0.3 is 0 Å². The summed E-state index contributed by atoms with van der Waals surface area (Å²) in [6.45, 7) is 4.35. The van der Waals surface area contributed by atoms with E-state index >= 15 is 0 Å². The van der Waals surface area contributed by atoms with Gasteiger partial charge in [0, 0.05) is 24.5 Å². The second-order valence-corrected chi connectivity index (χ2v) is 5.03. The lowest BCUT2D eigenvalue weighted by molar-refractivity contribution is -0.133. The molecule has 3 nitrogen and oxygen atoms in total. The number of hydrogen-bond donors (Lipinski definition) is 0. The van der Waals surface area contributed by atoms with Gasteiger partial charge < -0.3 is 4.90 Å². The maximum absolute atomic E-state index is 12.5. The fourth-order valence-electron chi connectivity index (χ4n) is 2.94. The molecule has 2 heterocycles. The molecule has 2 atom stereocenters. The van der Waals surface area contributed by atoms with Crippen molar-refractivity contribution in [1.82, 2.24) is 9.88 Å². The highest BCUT2D eigenvalue weighted by atomic mass is 16.2. The zero-order valence-corrected chi connectivity index (χ0v) is 11.3. The highest BCUT2D eigenvalue weighted by Crippen LogP contribution is 2.28. The molecule has 1 aliphatic heterocycles. The zero-order valence-electron chi connectivity index (χ0n) is 11.3. The predicted octanol–water partition coefficient (Wildman–Crippen LogP) is 2.80. The van der Waals surface area contributed by atoms with Gasteiger partial charge in [-0.15, -0.1) is 0 Å². The van der Waals surface area contributed by atoms with Crippen LogP contribution in [-0.2, 0) is 11.2 Å². The standard InChI is InChI=1S/C15H22N2O/c1-3-13-5-6-14(4-2)17(13)15(18)11-12-7-9-16-10-8-12/h7-10,13-14H,3-6,11H2,1-2H3. The van der Waals surface area contributed by atoms with E-state index in [2.05, 4.69) is 23.7 Å². The molecule has 98 valence electrons. The second-order valence-electron chi connectivity index (χ2n) is 5.03. The molecular formula is C15H22N2O. The first-order valence-corrected chi connectivity index (χ1v) is 6.96. The first kappa shape index (κ1) is 13.1. The Hall–Kier alpha value is -1.38. The van der Waals surface area contributed by atoms with Crippen molar-refractivity contribution in [3.05, 3.63) is 30.1 Å². The van der Waals surface area contributed by atoms with Crippen molar-refractivity contribution in [2.75, 3.05) is 0 Å². The highest BCUT2D eigenvalue weighted by molar-refractivity contribution is 5.79. The molecule has 18 heavy (non-hydrogen) atoms. The zero-order chi connectivity index (χ0) is 13.0. The number of carbonyl (C=O) groups is 1. The van der Waals surface area contributed by atoms with E-state index in [0.717, 1.165) is 31.2 Å². The third-order valence-electron chi connectivity index (χ3n) is 3.96. The molecule has 0 spiro atoms. The van der Waals surface area contributed by atoms with Gasteiger partial charge in [-0.2, -0.15) is 0 Å². The summed E-state index contributed by atoms with van der Waals surface area (Å²) < 4.78 is 0. The fraction of sp³-hybridized carbons (Fsp3) is 0.600. The van der Waals surface area contributed by atoms with E-state index in [1.165, 1.54) is 0 Å². The molecule has 1 aromatic rings. The Kier molecular flexibility index (Phi) is 4.34. The van der Waals surface area contributed by atoms with Crippen LogP contribution in [0.15, 0.2) is 24.5 Å². The minimum Gasteiger partial charge on any atom is -0.336 e. The molecule has 3 heteroatoms. The normalized spacial score (nSPS) is 23.3. The van der Waals surface area contributed by atoms with E-state index in [-0.39, 0.29) is 5.91 Å². The van der Waals surface area contributed by atoms with Crippen LogP contribution < -0.4 is 0 Å². The van der Waals surface area contributed by atoms with Gasteiger partial charge in [-0.25, -0.2) is 0 Å². The van der Waals surface area contributed by atoms with Gasteiger partial charge in [0.15, 0.2) is 0 Å². The first-order valence-electron chi connectivity index (χ1n) is 6.96. The van der Waals surface area contributed by atoms with Crippen LogP contribution in [0.2, 0.25) is 0 Å². The lowest BCUT2D eigenvalue weighted by Crippen LogP contribution is -2.41. The number of rotatable bonds is 4. The SMILES string of the molecule is CCC1CCC(CC)N1C(=O)Cc1ccncc1. The van der Waals surface area contributed by atoms with Crippen LogP contribution in [0.25, 0.3) is 0 Å². The second kappa shape index (κ2) is 5.98. The van der Waals surface area contributed by atoms with Gasteiger partial charge in [0.25, 0.3) is 0 Å². The molecule has 0 aromatic carbocycles. The van der Waals surface area contributed by atoms with Crippen molar-refractivity contribution in [2.24, 2.45) is 0 Å². The maximum atomic E-state index is 12.5. The number of hydrogen-bond acceptors (Lipinski definition) is 2. The van der Waals surface area contributed by atoms with Gasteiger partial charge in [-0.1, -0.05) is 13.8 Å². The lowest BCUT2D eigenvalue weighted by Gasteiger charge is -2.29. The average molecular weight is 246 g/mol. The third kappa shape index (κ3) is 2.71. The number of amides is 1. The molecule has 0 aliphatic carbocycles. The van der Waals surface area contributed by atoms with E-state index in [1.54, 1.807) is 12.4 Å². The highest BCUT2D eigenvalue weighted by Gasteiger charge is 2.34. The monoisotopic (exact) mass is 246 g/mol. The van der Waals surface area contributed by atoms with Crippen molar-refractivity contribution in [3.8, 4) is 0 Å². The van der Waals surface area contributed by atoms with Crippen molar-refractivity contribution < 1.29 is 4.79 Å². The molecule has 0 saturated carbocycles. The third-order valence-corrected chi connectivity index (χ3v) is 3.96. The number of nitrogens with zero attached hydrogens (tertiary/aromatic N) is 2. The molecule has 1 aliphatic rings. The van der Waals surface area contributed by atoms with Crippen LogP contribution in [-0.4, -0.2) is 27.9 Å². The van der Waals surface area contributed by atoms with Crippen LogP contribution in [0.3, 0.4) is 0 Å². The molecule has 0 radical (unpaired) electrons. The van der Waals surface area contributed by atoms with E-state index in [0.29, 0.717) is 18.5 Å². The molecule has 2 rings (SSSR count). The molecule has 1 amide bonds. The topological polar surface area (TPSA) is 33.2 Å². The number of pyridine rings is 1. The summed E-state index contributed by atoms with van der Waals surface area (Å²) in [6, 6.07) is 4.75. The summed E-state index contributed by atoms with van der Waals surface area (Å²) in [6.07, 6.45) is 8.48. The molecule has 0 N–H and O–H groups in total. The lowest BCUT2D eigenvalue weighted by atomic mass is 10.1. The van der Waals surface area contributed by atoms with Gasteiger partial charge in [-0.3, -0.25) is 9.78 Å². The number of aromatic nitrogens is 1. The molecular weight excluding hydrogens is 224 g/mol. The Bertz CT molecular complexity index is 379. The van der Waals surface area contributed by atoms with E-state index in [4.69, 9.17) is 0 Å². The van der Waals surface area contributed by atoms with Crippen molar-refractivity contribution in [1.29, 1.82) is 0 Å². The smallest absolute Gasteiger partial charge is 0.227 e. The Morgan fingerprint density at radius 1 is 1.22 bits per heavy atom. The van der Waals surface area contributed by atoms with Crippen molar-refractivity contribution in [2.45, 2.75) is 58.0 Å². The fourth-order valence-corrected chi connectivity index (χ4v) is 2.94. The maximum Gasteiger partial charge on any atom is 0.227 e. The summed E-state index contributed by atoms with van der Waals surface area (Å²) in [4.78, 5) is 18.6. The van der Waals surface area contributed by atoms with Crippen molar-refractivity contribution in [3.63, 3.8) is 0 Å². The van der Waals surface area contributed by atoms with Crippen LogP contribution in [0.1, 0.15) is 45.1 Å². The molecule has 2 unspecified atom stereocenters. The summed E-state index contributed by atoms with van der Waals surface area (Å²) in [5.41, 5.74) is 1.06. The summed E-state index contributed by atoms with van der Waals surface area (Å²) in [5, 5.41) is 0.